The van der Waals surface area contributed by atoms with E-state index in [1.54, 1.807) is 0 Å². The third-order valence-electron chi connectivity index (χ3n) is 1.00. The van der Waals surface area contributed by atoms with Crippen molar-refractivity contribution >= 4 is 5.97 Å². The number of alkyl halides is 3. The number of halogens is 3. The molecular weight excluding hydrogens is 173 g/mol. The molecule has 1 atom stereocenters. The maximum atomic E-state index is 11.6. The molecule has 0 aromatic carbocycles. The third-order valence-corrected chi connectivity index (χ3v) is 1.00. The minimum atomic E-state index is -4.30. The average Bonchev–Trinajstić information content (AvgIpc) is 1.82. The highest BCUT2D eigenvalue weighted by molar-refractivity contribution is 5.81. The fourth-order valence-electron chi connectivity index (χ4n) is 0.614. The molecule has 0 bridgehead atoms. The maximum absolute atomic E-state index is 11.6. The van der Waals surface area contributed by atoms with E-state index in [4.69, 9.17) is 0 Å². The molecule has 12 heavy (non-hydrogen) atoms. The summed E-state index contributed by atoms with van der Waals surface area (Å²) in [6.07, 6.45) is -5.77. The Bertz CT molecular complexity index is 174. The van der Waals surface area contributed by atoms with Crippen LogP contribution < -0.4 is 0 Å². The predicted octanol–water partition coefficient (Wildman–Crippen LogP) is 2.06. The lowest BCUT2D eigenvalue weighted by Crippen LogP contribution is -2.21. The van der Waals surface area contributed by atoms with Crippen molar-refractivity contribution in [3.63, 3.8) is 0 Å². The van der Waals surface area contributed by atoms with Gasteiger partial charge >= 0.3 is 12.1 Å². The second-order valence-corrected chi connectivity index (χ2v) is 2.27. The van der Waals surface area contributed by atoms with Crippen molar-refractivity contribution in [2.75, 3.05) is 0 Å². The van der Waals surface area contributed by atoms with E-state index < -0.39 is 24.7 Å². The van der Waals surface area contributed by atoms with Crippen LogP contribution in [0.15, 0.2) is 12.7 Å². The molecule has 0 saturated carbocycles. The molecule has 0 radical (unpaired) electrons. The molecule has 0 aliphatic heterocycles. The van der Waals surface area contributed by atoms with E-state index >= 15 is 0 Å². The van der Waals surface area contributed by atoms with Gasteiger partial charge in [-0.1, -0.05) is 6.58 Å². The van der Waals surface area contributed by atoms with Gasteiger partial charge in [0.2, 0.25) is 0 Å². The molecule has 0 heterocycles. The monoisotopic (exact) mass is 182 g/mol. The van der Waals surface area contributed by atoms with Gasteiger partial charge in [0.1, 0.15) is 6.10 Å². The molecular formula is C7H9F3O2. The maximum Gasteiger partial charge on any atom is 0.392 e. The summed E-state index contributed by atoms with van der Waals surface area (Å²) in [5, 5.41) is 0. The van der Waals surface area contributed by atoms with Gasteiger partial charge < -0.3 is 4.74 Å². The summed E-state index contributed by atoms with van der Waals surface area (Å²) in [4.78, 5) is 10.4. The molecule has 70 valence electrons. The molecule has 0 aliphatic rings. The Morgan fingerprint density at radius 3 is 2.50 bits per heavy atom. The van der Waals surface area contributed by atoms with Gasteiger partial charge in [0.25, 0.3) is 0 Å². The minimum absolute atomic E-state index is 0.826. The van der Waals surface area contributed by atoms with Gasteiger partial charge in [-0.25, -0.2) is 4.79 Å². The van der Waals surface area contributed by atoms with E-state index in [-0.39, 0.29) is 0 Å². The topological polar surface area (TPSA) is 26.3 Å². The fraction of sp³-hybridized carbons (Fsp3) is 0.571. The van der Waals surface area contributed by atoms with E-state index in [9.17, 15) is 18.0 Å². The molecule has 0 N–H and O–H groups in total. The minimum Gasteiger partial charge on any atom is -0.459 e. The van der Waals surface area contributed by atoms with E-state index in [0.717, 1.165) is 6.08 Å². The van der Waals surface area contributed by atoms with Crippen LogP contribution in [0.4, 0.5) is 13.2 Å². The highest BCUT2D eigenvalue weighted by Gasteiger charge is 2.31. The first-order valence-corrected chi connectivity index (χ1v) is 3.25. The number of hydrogen-bond acceptors (Lipinski definition) is 2. The predicted molar refractivity (Wildman–Crippen MR) is 36.4 cm³/mol. The van der Waals surface area contributed by atoms with Crippen molar-refractivity contribution in [3.8, 4) is 0 Å². The van der Waals surface area contributed by atoms with Gasteiger partial charge in [0.05, 0.1) is 6.42 Å². The van der Waals surface area contributed by atoms with Gasteiger partial charge in [-0.15, -0.1) is 0 Å². The van der Waals surface area contributed by atoms with E-state index in [1.807, 2.05) is 0 Å². The van der Waals surface area contributed by atoms with Crippen LogP contribution in [-0.2, 0) is 9.53 Å². The van der Waals surface area contributed by atoms with Crippen molar-refractivity contribution in [1.82, 2.24) is 0 Å². The van der Waals surface area contributed by atoms with E-state index in [0.29, 0.717) is 0 Å². The Labute approximate surface area is 68.0 Å². The summed E-state index contributed by atoms with van der Waals surface area (Å²) in [5.41, 5.74) is 0. The molecule has 0 spiro atoms. The van der Waals surface area contributed by atoms with Crippen LogP contribution >= 0.6 is 0 Å². The molecule has 0 aromatic rings. The first-order chi connectivity index (χ1) is 5.35. The van der Waals surface area contributed by atoms with Gasteiger partial charge in [0.15, 0.2) is 0 Å². The van der Waals surface area contributed by atoms with Crippen molar-refractivity contribution in [1.29, 1.82) is 0 Å². The highest BCUT2D eigenvalue weighted by atomic mass is 19.4. The van der Waals surface area contributed by atoms with Crippen LogP contribution in [0.25, 0.3) is 0 Å². The number of ether oxygens (including phenoxy) is 1. The van der Waals surface area contributed by atoms with Gasteiger partial charge in [-0.05, 0) is 6.92 Å². The lowest BCUT2D eigenvalue weighted by molar-refractivity contribution is -0.167. The molecule has 0 aliphatic carbocycles. The Morgan fingerprint density at radius 2 is 2.17 bits per heavy atom. The summed E-state index contributed by atoms with van der Waals surface area (Å²) >= 11 is 0. The standard InChI is InChI=1S/C7H9F3O2/c1-3-6(11)12-5(2)4-7(8,9)10/h3,5H,1,4H2,2H3. The Balaban J connectivity index is 3.82. The quantitative estimate of drug-likeness (QED) is 0.493. The lowest BCUT2D eigenvalue weighted by atomic mass is 10.3. The molecule has 0 aromatic heterocycles. The van der Waals surface area contributed by atoms with Crippen molar-refractivity contribution in [3.05, 3.63) is 12.7 Å². The Morgan fingerprint density at radius 1 is 1.67 bits per heavy atom. The Hall–Kier alpha value is -1.00. The van der Waals surface area contributed by atoms with E-state index in [2.05, 4.69) is 11.3 Å². The zero-order valence-corrected chi connectivity index (χ0v) is 6.52. The zero-order chi connectivity index (χ0) is 9.78. The van der Waals surface area contributed by atoms with Crippen molar-refractivity contribution in [2.45, 2.75) is 25.6 Å². The summed E-state index contributed by atoms with van der Waals surface area (Å²) in [7, 11) is 0. The van der Waals surface area contributed by atoms with Crippen LogP contribution in [-0.4, -0.2) is 18.2 Å². The average molecular weight is 182 g/mol. The van der Waals surface area contributed by atoms with Gasteiger partial charge in [-0.2, -0.15) is 13.2 Å². The van der Waals surface area contributed by atoms with Crippen LogP contribution in [0.2, 0.25) is 0 Å². The SMILES string of the molecule is C=CC(=O)OC(C)CC(F)(F)F. The molecule has 0 fully saturated rings. The molecule has 2 nitrogen and oxygen atoms in total. The van der Waals surface area contributed by atoms with Crippen LogP contribution in [0, 0.1) is 0 Å². The Kier molecular flexibility index (Phi) is 3.79. The zero-order valence-electron chi connectivity index (χ0n) is 6.52. The van der Waals surface area contributed by atoms with Crippen LogP contribution in [0.5, 0.6) is 0 Å². The number of esters is 1. The number of carbonyl (C=O) groups excluding carboxylic acids is 1. The molecule has 1 unspecified atom stereocenters. The van der Waals surface area contributed by atoms with Gasteiger partial charge in [0, 0.05) is 6.08 Å². The third kappa shape index (κ3) is 5.76. The first kappa shape index (κ1) is 11.0. The van der Waals surface area contributed by atoms with Crippen LogP contribution in [0.1, 0.15) is 13.3 Å². The fourth-order valence-corrected chi connectivity index (χ4v) is 0.614. The van der Waals surface area contributed by atoms with Gasteiger partial charge in [-0.3, -0.25) is 0 Å². The number of carbonyl (C=O) groups is 1. The number of rotatable bonds is 3. The first-order valence-electron chi connectivity index (χ1n) is 3.25. The normalized spacial score (nSPS) is 13.7. The summed E-state index contributed by atoms with van der Waals surface area (Å²) < 4.78 is 39.2. The van der Waals surface area contributed by atoms with Crippen LogP contribution in [0.3, 0.4) is 0 Å². The van der Waals surface area contributed by atoms with E-state index in [1.165, 1.54) is 6.92 Å². The lowest BCUT2D eigenvalue weighted by Gasteiger charge is -2.13. The second kappa shape index (κ2) is 4.13. The highest BCUT2D eigenvalue weighted by Crippen LogP contribution is 2.22. The molecule has 5 heteroatoms. The second-order valence-electron chi connectivity index (χ2n) is 2.27. The smallest absolute Gasteiger partial charge is 0.392 e. The largest absolute Gasteiger partial charge is 0.459 e. The van der Waals surface area contributed by atoms with Crippen molar-refractivity contribution in [2.24, 2.45) is 0 Å². The summed E-state index contributed by atoms with van der Waals surface area (Å²) in [5.74, 6) is -0.841. The summed E-state index contributed by atoms with van der Waals surface area (Å²) in [6.45, 7) is 4.23. The van der Waals surface area contributed by atoms with Crippen molar-refractivity contribution < 1.29 is 22.7 Å². The number of hydrogen-bond donors (Lipinski definition) is 0. The molecule has 0 rings (SSSR count). The summed E-state index contributed by atoms with van der Waals surface area (Å²) in [6, 6.07) is 0. The molecule has 0 amide bonds. The molecule has 0 saturated heterocycles.